The van der Waals surface area contributed by atoms with Crippen LogP contribution in [0.3, 0.4) is 0 Å². The van der Waals surface area contributed by atoms with Gasteiger partial charge in [0.05, 0.1) is 6.54 Å². The van der Waals surface area contributed by atoms with Crippen LogP contribution in [0.2, 0.25) is 0 Å². The average molecular weight is 487 g/mol. The van der Waals surface area contributed by atoms with Crippen molar-refractivity contribution in [1.29, 1.82) is 0 Å². The van der Waals surface area contributed by atoms with Gasteiger partial charge in [-0.2, -0.15) is 11.8 Å². The molecule has 0 aliphatic carbocycles. The summed E-state index contributed by atoms with van der Waals surface area (Å²) in [7, 11) is 0. The van der Waals surface area contributed by atoms with Crippen LogP contribution in [0.5, 0.6) is 0 Å². The van der Waals surface area contributed by atoms with Crippen molar-refractivity contribution in [3.8, 4) is 0 Å². The van der Waals surface area contributed by atoms with E-state index in [2.05, 4.69) is 37.7 Å². The standard InChI is InChI=1S/C18H37N3O2S.HI/c1-5-19-17(20-13-16(6-9-22)12-15(2)3)21-14-18(24-4)7-10-23-11-8-18;/h15-16,22H,5-14H2,1-4H3,(H2,19,20,21);1H. The van der Waals surface area contributed by atoms with Gasteiger partial charge in [-0.3, -0.25) is 4.99 Å². The fourth-order valence-electron chi connectivity index (χ4n) is 3.13. The zero-order valence-electron chi connectivity index (χ0n) is 16.3. The van der Waals surface area contributed by atoms with Crippen molar-refractivity contribution in [1.82, 2.24) is 10.6 Å². The van der Waals surface area contributed by atoms with Crippen LogP contribution in [0, 0.1) is 11.8 Å². The lowest BCUT2D eigenvalue weighted by Gasteiger charge is -2.34. The molecule has 1 fully saturated rings. The molecule has 7 heteroatoms. The van der Waals surface area contributed by atoms with Crippen LogP contribution in [0.4, 0.5) is 0 Å². The van der Waals surface area contributed by atoms with E-state index in [0.29, 0.717) is 11.8 Å². The Kier molecular flexibility index (Phi) is 14.5. The summed E-state index contributed by atoms with van der Waals surface area (Å²) in [5.74, 6) is 2.02. The number of hydrogen-bond donors (Lipinski definition) is 3. The zero-order valence-corrected chi connectivity index (χ0v) is 19.5. The Bertz CT molecular complexity index is 364. The maximum absolute atomic E-state index is 9.27. The minimum absolute atomic E-state index is 0. The van der Waals surface area contributed by atoms with Gasteiger partial charge in [-0.05, 0) is 50.7 Å². The van der Waals surface area contributed by atoms with Crippen molar-refractivity contribution in [2.45, 2.75) is 51.2 Å². The van der Waals surface area contributed by atoms with E-state index in [1.165, 1.54) is 0 Å². The second-order valence-corrected chi connectivity index (χ2v) is 8.36. The van der Waals surface area contributed by atoms with E-state index in [0.717, 1.165) is 64.5 Å². The van der Waals surface area contributed by atoms with Gasteiger partial charge in [-0.1, -0.05) is 13.8 Å². The zero-order chi connectivity index (χ0) is 17.8. The minimum Gasteiger partial charge on any atom is -0.396 e. The summed E-state index contributed by atoms with van der Waals surface area (Å²) in [4.78, 5) is 4.85. The maximum Gasteiger partial charge on any atom is 0.191 e. The molecule has 3 N–H and O–H groups in total. The third-order valence-electron chi connectivity index (χ3n) is 4.61. The Balaban J connectivity index is 0.00000576. The van der Waals surface area contributed by atoms with Gasteiger partial charge in [-0.25, -0.2) is 0 Å². The van der Waals surface area contributed by atoms with Crippen LogP contribution in [-0.2, 0) is 4.74 Å². The predicted octanol–water partition coefficient (Wildman–Crippen LogP) is 3.12. The van der Waals surface area contributed by atoms with Gasteiger partial charge >= 0.3 is 0 Å². The quantitative estimate of drug-likeness (QED) is 0.251. The van der Waals surface area contributed by atoms with Gasteiger partial charge in [-0.15, -0.1) is 24.0 Å². The van der Waals surface area contributed by atoms with E-state index in [-0.39, 0.29) is 35.3 Å². The number of aliphatic imine (C=N–C) groups is 1. The van der Waals surface area contributed by atoms with Crippen LogP contribution in [0.25, 0.3) is 0 Å². The molecular weight excluding hydrogens is 449 g/mol. The van der Waals surface area contributed by atoms with Gasteiger partial charge in [0.25, 0.3) is 0 Å². The van der Waals surface area contributed by atoms with Crippen LogP contribution in [-0.4, -0.2) is 61.5 Å². The molecule has 1 saturated heterocycles. The molecule has 0 aromatic rings. The number of hydrogen-bond acceptors (Lipinski definition) is 4. The number of halogens is 1. The van der Waals surface area contributed by atoms with E-state index in [9.17, 15) is 5.11 Å². The molecule has 25 heavy (non-hydrogen) atoms. The fraction of sp³-hybridized carbons (Fsp3) is 0.944. The summed E-state index contributed by atoms with van der Waals surface area (Å²) in [5.41, 5.74) is 0. The molecule has 0 saturated carbocycles. The number of guanidine groups is 1. The topological polar surface area (TPSA) is 65.9 Å². The lowest BCUT2D eigenvalue weighted by atomic mass is 9.94. The molecule has 5 nitrogen and oxygen atoms in total. The smallest absolute Gasteiger partial charge is 0.191 e. The summed E-state index contributed by atoms with van der Waals surface area (Å²) < 4.78 is 5.72. The first-order valence-electron chi connectivity index (χ1n) is 9.31. The molecule has 1 aliphatic rings. The van der Waals surface area contributed by atoms with Crippen molar-refractivity contribution in [3.05, 3.63) is 0 Å². The van der Waals surface area contributed by atoms with Gasteiger partial charge in [0, 0.05) is 37.7 Å². The Hall–Kier alpha value is 0.270. The molecule has 0 bridgehead atoms. The van der Waals surface area contributed by atoms with Crippen LogP contribution < -0.4 is 10.6 Å². The molecule has 0 spiro atoms. The highest BCUT2D eigenvalue weighted by Gasteiger charge is 2.31. The molecule has 0 radical (unpaired) electrons. The number of nitrogens with zero attached hydrogens (tertiary/aromatic N) is 1. The van der Waals surface area contributed by atoms with Crippen molar-refractivity contribution < 1.29 is 9.84 Å². The summed E-state index contributed by atoms with van der Waals surface area (Å²) in [6.45, 7) is 11.0. The lowest BCUT2D eigenvalue weighted by molar-refractivity contribution is 0.0794. The van der Waals surface area contributed by atoms with Gasteiger partial charge in [0.15, 0.2) is 5.96 Å². The molecule has 1 unspecified atom stereocenters. The lowest BCUT2D eigenvalue weighted by Crippen LogP contribution is -2.42. The molecule has 1 heterocycles. The molecule has 0 amide bonds. The summed E-state index contributed by atoms with van der Waals surface area (Å²) in [5, 5.41) is 16.1. The van der Waals surface area contributed by atoms with Gasteiger partial charge < -0.3 is 20.5 Å². The van der Waals surface area contributed by atoms with E-state index in [4.69, 9.17) is 9.73 Å². The fourth-order valence-corrected chi connectivity index (χ4v) is 3.90. The van der Waals surface area contributed by atoms with E-state index >= 15 is 0 Å². The molecule has 0 aromatic heterocycles. The Morgan fingerprint density at radius 3 is 2.48 bits per heavy atom. The minimum atomic E-state index is 0. The van der Waals surface area contributed by atoms with E-state index < -0.39 is 0 Å². The SMILES string of the molecule is CCNC(=NCC1(SC)CCOCC1)NCC(CCO)CC(C)C.I. The normalized spacial score (nSPS) is 18.6. The monoisotopic (exact) mass is 487 g/mol. The van der Waals surface area contributed by atoms with Crippen LogP contribution in [0.1, 0.15) is 46.5 Å². The number of ether oxygens (including phenoxy) is 1. The molecule has 1 aliphatic heterocycles. The molecule has 1 atom stereocenters. The Labute approximate surface area is 175 Å². The van der Waals surface area contributed by atoms with Crippen molar-refractivity contribution >= 4 is 41.7 Å². The van der Waals surface area contributed by atoms with E-state index in [1.807, 2.05) is 11.8 Å². The molecule has 150 valence electrons. The third kappa shape index (κ3) is 10.2. The second kappa shape index (κ2) is 14.3. The number of aliphatic hydroxyl groups is 1. The third-order valence-corrected chi connectivity index (χ3v) is 6.01. The van der Waals surface area contributed by atoms with Crippen molar-refractivity contribution in [2.75, 3.05) is 45.7 Å². The maximum atomic E-state index is 9.27. The number of nitrogens with one attached hydrogen (secondary N) is 2. The average Bonchev–Trinajstić information content (AvgIpc) is 2.57. The summed E-state index contributed by atoms with van der Waals surface area (Å²) in [6, 6.07) is 0. The number of rotatable bonds is 10. The van der Waals surface area contributed by atoms with Crippen molar-refractivity contribution in [2.24, 2.45) is 16.8 Å². The molecule has 1 rings (SSSR count). The molecular formula is C18H38IN3O2S. The first kappa shape index (κ1) is 25.3. The van der Waals surface area contributed by atoms with Crippen LogP contribution in [0.15, 0.2) is 4.99 Å². The predicted molar refractivity (Wildman–Crippen MR) is 120 cm³/mol. The number of thioether (sulfide) groups is 1. The highest BCUT2D eigenvalue weighted by atomic mass is 127. The second-order valence-electron chi connectivity index (χ2n) is 7.08. The van der Waals surface area contributed by atoms with Gasteiger partial charge in [0.1, 0.15) is 0 Å². The highest BCUT2D eigenvalue weighted by molar-refractivity contribution is 14.0. The largest absolute Gasteiger partial charge is 0.396 e. The Morgan fingerprint density at radius 2 is 1.96 bits per heavy atom. The molecule has 0 aromatic carbocycles. The first-order valence-corrected chi connectivity index (χ1v) is 10.5. The highest BCUT2D eigenvalue weighted by Crippen LogP contribution is 2.33. The van der Waals surface area contributed by atoms with Crippen molar-refractivity contribution in [3.63, 3.8) is 0 Å². The Morgan fingerprint density at radius 1 is 1.28 bits per heavy atom. The first-order chi connectivity index (χ1) is 11.5. The number of aliphatic hydroxyl groups excluding tert-OH is 1. The van der Waals surface area contributed by atoms with Gasteiger partial charge in [0.2, 0.25) is 0 Å². The van der Waals surface area contributed by atoms with E-state index in [1.54, 1.807) is 0 Å². The summed E-state index contributed by atoms with van der Waals surface area (Å²) in [6.07, 6.45) is 6.28. The summed E-state index contributed by atoms with van der Waals surface area (Å²) >= 11 is 1.92. The van der Waals surface area contributed by atoms with Crippen LogP contribution >= 0.6 is 35.7 Å².